The summed E-state index contributed by atoms with van der Waals surface area (Å²) in [6, 6.07) is 6.06. The van der Waals surface area contributed by atoms with Gasteiger partial charge >= 0.3 is 6.01 Å². The maximum atomic E-state index is 5.34. The van der Waals surface area contributed by atoms with Gasteiger partial charge in [0, 0.05) is 4.47 Å². The predicted octanol–water partition coefficient (Wildman–Crippen LogP) is 2.37. The molecule has 1 aromatic carbocycles. The smallest absolute Gasteiger partial charge is 0.323 e. The van der Waals surface area contributed by atoms with Gasteiger partial charge < -0.3 is 10.1 Å². The van der Waals surface area contributed by atoms with E-state index in [1.807, 2.05) is 32.0 Å². The van der Waals surface area contributed by atoms with Crippen LogP contribution in [0.3, 0.4) is 0 Å². The molecule has 0 aliphatic rings. The molecule has 2 rings (SSSR count). The number of nitrogen functional groups attached to an aromatic ring is 1. The maximum Gasteiger partial charge on any atom is 0.323 e. The highest BCUT2D eigenvalue weighted by Gasteiger charge is 2.09. The molecule has 0 aliphatic carbocycles. The van der Waals surface area contributed by atoms with Crippen LogP contribution in [0.2, 0.25) is 0 Å². The first-order valence-electron chi connectivity index (χ1n) is 6.01. The number of halogens is 1. The predicted molar refractivity (Wildman–Crippen MR) is 81.0 cm³/mol. The van der Waals surface area contributed by atoms with Crippen LogP contribution in [0, 0.1) is 6.92 Å². The number of anilines is 3. The number of nitrogens with one attached hydrogen (secondary N) is 2. The summed E-state index contributed by atoms with van der Waals surface area (Å²) in [5, 5.41) is 3.10. The summed E-state index contributed by atoms with van der Waals surface area (Å²) in [6.07, 6.45) is 0. The van der Waals surface area contributed by atoms with Gasteiger partial charge in [0.15, 0.2) is 0 Å². The highest BCUT2D eigenvalue weighted by molar-refractivity contribution is 9.10. The van der Waals surface area contributed by atoms with Crippen molar-refractivity contribution in [3.8, 4) is 6.01 Å². The van der Waals surface area contributed by atoms with E-state index in [1.165, 1.54) is 0 Å². The molecule has 1 aromatic heterocycles. The van der Waals surface area contributed by atoms with E-state index < -0.39 is 0 Å². The second-order valence-corrected chi connectivity index (χ2v) is 4.70. The van der Waals surface area contributed by atoms with Gasteiger partial charge in [0.1, 0.15) is 0 Å². The van der Waals surface area contributed by atoms with Crippen molar-refractivity contribution in [1.29, 1.82) is 0 Å². The SMILES string of the molecule is CCOc1nc(NN)nc(Nc2cccc(C)c2Br)n1. The quantitative estimate of drug-likeness (QED) is 0.568. The van der Waals surface area contributed by atoms with Crippen LogP contribution in [0.15, 0.2) is 22.7 Å². The lowest BCUT2D eigenvalue weighted by molar-refractivity contribution is 0.312. The number of aromatic nitrogens is 3. The average Bonchev–Trinajstić information content (AvgIpc) is 2.44. The third-order valence-electron chi connectivity index (χ3n) is 2.46. The number of hydrazine groups is 1. The van der Waals surface area contributed by atoms with E-state index in [9.17, 15) is 0 Å². The molecule has 7 nitrogen and oxygen atoms in total. The first-order chi connectivity index (χ1) is 9.63. The molecule has 0 amide bonds. The van der Waals surface area contributed by atoms with Crippen molar-refractivity contribution in [1.82, 2.24) is 15.0 Å². The van der Waals surface area contributed by atoms with Crippen LogP contribution in [0.25, 0.3) is 0 Å². The van der Waals surface area contributed by atoms with Gasteiger partial charge in [-0.25, -0.2) is 5.84 Å². The van der Waals surface area contributed by atoms with Gasteiger partial charge in [-0.2, -0.15) is 15.0 Å². The van der Waals surface area contributed by atoms with Crippen LogP contribution in [0.1, 0.15) is 12.5 Å². The van der Waals surface area contributed by atoms with Crippen molar-refractivity contribution < 1.29 is 4.74 Å². The minimum absolute atomic E-state index is 0.210. The summed E-state index contributed by atoms with van der Waals surface area (Å²) < 4.78 is 6.22. The Kier molecular flexibility index (Phi) is 4.70. The van der Waals surface area contributed by atoms with Gasteiger partial charge in [0.25, 0.3) is 0 Å². The number of nitrogens with zero attached hydrogens (tertiary/aromatic N) is 3. The molecule has 0 atom stereocenters. The van der Waals surface area contributed by atoms with Crippen molar-refractivity contribution in [2.75, 3.05) is 17.3 Å². The Morgan fingerprint density at radius 2 is 2.00 bits per heavy atom. The lowest BCUT2D eigenvalue weighted by Gasteiger charge is -2.10. The monoisotopic (exact) mass is 338 g/mol. The van der Waals surface area contributed by atoms with Crippen molar-refractivity contribution in [3.05, 3.63) is 28.2 Å². The summed E-state index contributed by atoms with van der Waals surface area (Å²) in [5.41, 5.74) is 4.34. The second-order valence-electron chi connectivity index (χ2n) is 3.90. The minimum atomic E-state index is 0.210. The molecule has 0 radical (unpaired) electrons. The lowest BCUT2D eigenvalue weighted by atomic mass is 10.2. The molecule has 0 bridgehead atoms. The molecule has 0 saturated heterocycles. The van der Waals surface area contributed by atoms with Crippen molar-refractivity contribution in [2.45, 2.75) is 13.8 Å². The van der Waals surface area contributed by atoms with Gasteiger partial charge in [0.2, 0.25) is 11.9 Å². The van der Waals surface area contributed by atoms with Crippen LogP contribution in [-0.2, 0) is 0 Å². The Morgan fingerprint density at radius 3 is 2.70 bits per heavy atom. The largest absolute Gasteiger partial charge is 0.464 e. The molecule has 0 fully saturated rings. The molecule has 0 unspecified atom stereocenters. The Morgan fingerprint density at radius 1 is 1.25 bits per heavy atom. The summed E-state index contributed by atoms with van der Waals surface area (Å²) in [6.45, 7) is 4.31. The summed E-state index contributed by atoms with van der Waals surface area (Å²) in [7, 11) is 0. The zero-order valence-electron chi connectivity index (χ0n) is 11.1. The second kappa shape index (κ2) is 6.49. The molecule has 1 heterocycles. The topological polar surface area (TPSA) is 98.0 Å². The van der Waals surface area contributed by atoms with Crippen LogP contribution >= 0.6 is 15.9 Å². The molecule has 0 spiro atoms. The van der Waals surface area contributed by atoms with Gasteiger partial charge in [-0.15, -0.1) is 0 Å². The van der Waals surface area contributed by atoms with Crippen molar-refractivity contribution >= 4 is 33.5 Å². The Balaban J connectivity index is 2.32. The fourth-order valence-corrected chi connectivity index (χ4v) is 1.90. The lowest BCUT2D eigenvalue weighted by Crippen LogP contribution is -2.13. The summed E-state index contributed by atoms with van der Waals surface area (Å²) >= 11 is 3.52. The van der Waals surface area contributed by atoms with E-state index >= 15 is 0 Å². The molecular weight excluding hydrogens is 324 g/mol. The number of rotatable bonds is 5. The Bertz CT molecular complexity index is 606. The third-order valence-corrected chi connectivity index (χ3v) is 3.51. The van der Waals surface area contributed by atoms with E-state index in [0.29, 0.717) is 12.6 Å². The van der Waals surface area contributed by atoms with Crippen LogP contribution in [-0.4, -0.2) is 21.6 Å². The fourth-order valence-electron chi connectivity index (χ4n) is 1.54. The maximum absolute atomic E-state index is 5.34. The summed E-state index contributed by atoms with van der Waals surface area (Å²) in [5.74, 6) is 5.92. The van der Waals surface area contributed by atoms with E-state index in [-0.39, 0.29) is 12.0 Å². The van der Waals surface area contributed by atoms with Gasteiger partial charge in [-0.05, 0) is 41.4 Å². The first kappa shape index (κ1) is 14.5. The van der Waals surface area contributed by atoms with Gasteiger partial charge in [-0.3, -0.25) is 5.43 Å². The molecule has 0 aliphatic heterocycles. The molecule has 106 valence electrons. The molecule has 4 N–H and O–H groups in total. The summed E-state index contributed by atoms with van der Waals surface area (Å²) in [4.78, 5) is 12.3. The normalized spacial score (nSPS) is 10.2. The Labute approximate surface area is 125 Å². The number of benzene rings is 1. The van der Waals surface area contributed by atoms with E-state index in [0.717, 1.165) is 15.7 Å². The molecule has 2 aromatic rings. The van der Waals surface area contributed by atoms with E-state index in [2.05, 4.69) is 41.6 Å². The third kappa shape index (κ3) is 3.34. The number of aryl methyl sites for hydroxylation is 1. The highest BCUT2D eigenvalue weighted by Crippen LogP contribution is 2.28. The zero-order chi connectivity index (χ0) is 14.5. The van der Waals surface area contributed by atoms with Crippen LogP contribution in [0.5, 0.6) is 6.01 Å². The van der Waals surface area contributed by atoms with Crippen LogP contribution < -0.4 is 21.3 Å². The Hall–Kier alpha value is -1.93. The zero-order valence-corrected chi connectivity index (χ0v) is 12.7. The molecule has 8 heteroatoms. The van der Waals surface area contributed by atoms with E-state index in [4.69, 9.17) is 10.6 Å². The first-order valence-corrected chi connectivity index (χ1v) is 6.81. The van der Waals surface area contributed by atoms with Gasteiger partial charge in [0.05, 0.1) is 12.3 Å². The molecule has 0 saturated carbocycles. The highest BCUT2D eigenvalue weighted by atomic mass is 79.9. The molecular formula is C12H15BrN6O. The molecule has 20 heavy (non-hydrogen) atoms. The van der Waals surface area contributed by atoms with E-state index in [1.54, 1.807) is 0 Å². The van der Waals surface area contributed by atoms with Crippen molar-refractivity contribution in [2.24, 2.45) is 5.84 Å². The minimum Gasteiger partial charge on any atom is -0.464 e. The number of nitrogens with two attached hydrogens (primary N) is 1. The standard InChI is InChI=1S/C12H15BrN6O/c1-3-20-12-17-10(16-11(18-12)19-14)15-8-6-4-5-7(2)9(8)13/h4-6H,3,14H2,1-2H3,(H2,15,16,17,18,19). The number of hydrogen-bond donors (Lipinski definition) is 3. The number of ether oxygens (including phenoxy) is 1. The average molecular weight is 339 g/mol. The van der Waals surface area contributed by atoms with Gasteiger partial charge in [-0.1, -0.05) is 12.1 Å². The number of hydrogen-bond acceptors (Lipinski definition) is 7. The fraction of sp³-hybridized carbons (Fsp3) is 0.250. The van der Waals surface area contributed by atoms with Crippen LogP contribution in [0.4, 0.5) is 17.6 Å². The van der Waals surface area contributed by atoms with Crippen molar-refractivity contribution in [3.63, 3.8) is 0 Å².